The van der Waals surface area contributed by atoms with Gasteiger partial charge in [0, 0.05) is 60.4 Å². The smallest absolute Gasteiger partial charge is 0.143 e. The maximum Gasteiger partial charge on any atom is 0.143 e. The van der Waals surface area contributed by atoms with Gasteiger partial charge in [-0.15, -0.1) is 0 Å². The summed E-state index contributed by atoms with van der Waals surface area (Å²) in [6.07, 6.45) is 0. The van der Waals surface area contributed by atoms with Gasteiger partial charge in [0.15, 0.2) is 0 Å². The molecule has 0 aliphatic heterocycles. The van der Waals surface area contributed by atoms with Gasteiger partial charge < -0.3 is 13.7 Å². The molecule has 0 fully saturated rings. The minimum Gasteiger partial charge on any atom is -0.456 e. The zero-order chi connectivity index (χ0) is 44.4. The molecule has 0 spiro atoms. The van der Waals surface area contributed by atoms with E-state index < -0.39 is 0 Å². The summed E-state index contributed by atoms with van der Waals surface area (Å²) in [7, 11) is 0. The molecule has 66 heavy (non-hydrogen) atoms. The largest absolute Gasteiger partial charge is 0.456 e. The van der Waals surface area contributed by atoms with Crippen LogP contribution in [-0.4, -0.2) is 0 Å². The molecule has 3 aliphatic carbocycles. The van der Waals surface area contributed by atoms with Crippen molar-refractivity contribution in [2.45, 2.75) is 57.8 Å². The normalized spacial score (nSPS) is 15.5. The highest BCUT2D eigenvalue weighted by molar-refractivity contribution is 6.19. The summed E-state index contributed by atoms with van der Waals surface area (Å²) in [4.78, 5) is 2.46. The van der Waals surface area contributed by atoms with Gasteiger partial charge in [-0.3, -0.25) is 0 Å². The predicted octanol–water partition coefficient (Wildman–Crippen LogP) is 17.5. The van der Waals surface area contributed by atoms with Crippen LogP contribution in [0.5, 0.6) is 0 Å². The molecule has 0 unspecified atom stereocenters. The Kier molecular flexibility index (Phi) is 7.32. The lowest BCUT2D eigenvalue weighted by Crippen LogP contribution is -2.18. The van der Waals surface area contributed by atoms with E-state index in [0.717, 1.165) is 55.9 Å². The number of fused-ring (bicyclic) bond motifs is 17. The molecular formula is C63H47NO2. The average molecular weight is 850 g/mol. The third-order valence-electron chi connectivity index (χ3n) is 15.8. The monoisotopic (exact) mass is 849 g/mol. The fraction of sp³-hybridized carbons (Fsp3) is 0.143. The van der Waals surface area contributed by atoms with Crippen molar-refractivity contribution >= 4 is 60.9 Å². The van der Waals surface area contributed by atoms with Crippen molar-refractivity contribution in [2.24, 2.45) is 0 Å². The summed E-state index contributed by atoms with van der Waals surface area (Å²) >= 11 is 0. The molecule has 14 rings (SSSR count). The number of furan rings is 2. The molecule has 11 aromatic rings. The topological polar surface area (TPSA) is 29.5 Å². The van der Waals surface area contributed by atoms with Crippen molar-refractivity contribution in [2.75, 3.05) is 4.90 Å². The van der Waals surface area contributed by atoms with E-state index in [0.29, 0.717) is 0 Å². The van der Waals surface area contributed by atoms with Crippen molar-refractivity contribution in [3.63, 3.8) is 0 Å². The molecule has 3 heteroatoms. The number of para-hydroxylation sites is 3. The molecule has 2 aromatic heterocycles. The molecular weight excluding hydrogens is 803 g/mol. The van der Waals surface area contributed by atoms with Crippen LogP contribution in [0.25, 0.3) is 88.4 Å². The van der Waals surface area contributed by atoms with Gasteiger partial charge in [0.05, 0.1) is 0 Å². The molecule has 0 bridgehead atoms. The second kappa shape index (κ2) is 12.8. The third kappa shape index (κ3) is 4.82. The Labute approximate surface area is 384 Å². The van der Waals surface area contributed by atoms with Crippen LogP contribution in [0.2, 0.25) is 0 Å². The first-order valence-corrected chi connectivity index (χ1v) is 23.3. The van der Waals surface area contributed by atoms with Crippen LogP contribution in [-0.2, 0) is 16.2 Å². The van der Waals surface area contributed by atoms with E-state index in [2.05, 4.69) is 222 Å². The van der Waals surface area contributed by atoms with Gasteiger partial charge >= 0.3 is 0 Å². The number of hydrogen-bond acceptors (Lipinski definition) is 3. The quantitative estimate of drug-likeness (QED) is 0.177. The minimum absolute atomic E-state index is 0.163. The predicted molar refractivity (Wildman–Crippen MR) is 274 cm³/mol. The van der Waals surface area contributed by atoms with Crippen molar-refractivity contribution in [3.8, 4) is 44.5 Å². The summed E-state index contributed by atoms with van der Waals surface area (Å²) in [5.74, 6) is 0. The number of rotatable bonds is 4. The standard InChI is InChI=1S/C63H47NO2/c1-61(2)47-29-30-55-58(42-21-13-15-23-53(42)65-55)57(47)46-35-50-45(34-51(46)61)40-27-25-38(31-48(40)62(50,3)4)64(37-19-11-8-12-20-37)39-26-28-41-49(32-39)63(5,6)52-33-44(36-17-9-7-10-18-36)60-59(56(41)52)43-22-14-16-24-54(43)66-60/h7-35H,1-6H3. The number of benzene rings is 9. The van der Waals surface area contributed by atoms with E-state index in [-0.39, 0.29) is 16.2 Å². The molecule has 2 heterocycles. The first-order valence-electron chi connectivity index (χ1n) is 23.3. The molecule has 0 N–H and O–H groups in total. The van der Waals surface area contributed by atoms with Crippen molar-refractivity contribution in [1.82, 2.24) is 0 Å². The highest BCUT2D eigenvalue weighted by atomic mass is 16.3. The highest BCUT2D eigenvalue weighted by Gasteiger charge is 2.44. The molecule has 0 saturated heterocycles. The van der Waals surface area contributed by atoms with Gasteiger partial charge in [-0.05, 0) is 145 Å². The van der Waals surface area contributed by atoms with Crippen LogP contribution in [0.1, 0.15) is 74.9 Å². The first-order chi connectivity index (χ1) is 32.0. The lowest BCUT2D eigenvalue weighted by Gasteiger charge is -2.29. The minimum atomic E-state index is -0.276. The Bertz CT molecular complexity index is 3900. The summed E-state index contributed by atoms with van der Waals surface area (Å²) in [5, 5.41) is 4.76. The Morgan fingerprint density at radius 2 is 0.848 bits per heavy atom. The van der Waals surface area contributed by atoms with Crippen LogP contribution >= 0.6 is 0 Å². The Hall–Kier alpha value is -7.62. The Morgan fingerprint density at radius 1 is 0.333 bits per heavy atom. The molecule has 9 aromatic carbocycles. The van der Waals surface area contributed by atoms with Crippen LogP contribution in [0.3, 0.4) is 0 Å². The second-order valence-electron chi connectivity index (χ2n) is 20.4. The van der Waals surface area contributed by atoms with Crippen LogP contribution < -0.4 is 4.90 Å². The lowest BCUT2D eigenvalue weighted by atomic mass is 9.79. The van der Waals surface area contributed by atoms with Crippen LogP contribution in [0.4, 0.5) is 17.1 Å². The van der Waals surface area contributed by atoms with Gasteiger partial charge in [0.1, 0.15) is 22.3 Å². The van der Waals surface area contributed by atoms with E-state index >= 15 is 0 Å². The molecule has 0 radical (unpaired) electrons. The summed E-state index contributed by atoms with van der Waals surface area (Å²) in [6, 6.07) is 64.8. The zero-order valence-corrected chi connectivity index (χ0v) is 38.0. The van der Waals surface area contributed by atoms with Gasteiger partial charge in [0.2, 0.25) is 0 Å². The van der Waals surface area contributed by atoms with Crippen molar-refractivity contribution in [1.29, 1.82) is 0 Å². The number of hydrogen-bond donors (Lipinski definition) is 0. The maximum absolute atomic E-state index is 6.77. The molecule has 3 nitrogen and oxygen atoms in total. The lowest BCUT2D eigenvalue weighted by molar-refractivity contribution is 0.651. The fourth-order valence-electron chi connectivity index (χ4n) is 12.5. The molecule has 0 amide bonds. The van der Waals surface area contributed by atoms with Gasteiger partial charge in [-0.25, -0.2) is 0 Å². The third-order valence-corrected chi connectivity index (χ3v) is 15.8. The summed E-state index contributed by atoms with van der Waals surface area (Å²) < 4.78 is 13.2. The van der Waals surface area contributed by atoms with E-state index in [1.807, 2.05) is 0 Å². The number of nitrogens with zero attached hydrogens (tertiary/aromatic N) is 1. The average Bonchev–Trinajstić information content (AvgIpc) is 4.08. The molecule has 0 atom stereocenters. The summed E-state index contributed by atoms with van der Waals surface area (Å²) in [5.41, 5.74) is 24.8. The maximum atomic E-state index is 6.77. The first kappa shape index (κ1) is 37.7. The fourth-order valence-corrected chi connectivity index (χ4v) is 12.5. The van der Waals surface area contributed by atoms with Gasteiger partial charge in [-0.1, -0.05) is 145 Å². The Balaban J connectivity index is 0.927. The van der Waals surface area contributed by atoms with Crippen LogP contribution in [0, 0.1) is 0 Å². The molecule has 0 saturated carbocycles. The van der Waals surface area contributed by atoms with E-state index in [1.165, 1.54) is 82.9 Å². The van der Waals surface area contributed by atoms with E-state index in [4.69, 9.17) is 8.83 Å². The van der Waals surface area contributed by atoms with E-state index in [1.54, 1.807) is 0 Å². The number of anilines is 3. The van der Waals surface area contributed by atoms with Gasteiger partial charge in [-0.2, -0.15) is 0 Å². The second-order valence-corrected chi connectivity index (χ2v) is 20.4. The van der Waals surface area contributed by atoms with E-state index in [9.17, 15) is 0 Å². The zero-order valence-electron chi connectivity index (χ0n) is 38.0. The van der Waals surface area contributed by atoms with Crippen molar-refractivity contribution in [3.05, 3.63) is 209 Å². The Morgan fingerprint density at radius 3 is 1.58 bits per heavy atom. The molecule has 316 valence electrons. The summed E-state index contributed by atoms with van der Waals surface area (Å²) in [6.45, 7) is 14.4. The SMILES string of the molecule is CC1(C)c2cc(N(c3ccccc3)c3ccc4c(c3)C(C)(C)c3cc(-c5ccccc5)c5oc6ccccc6c5c3-4)ccc2-c2cc3c(cc21)-c1c(ccc2oc4ccccc4c12)C3(C)C. The van der Waals surface area contributed by atoms with Gasteiger partial charge in [0.25, 0.3) is 0 Å². The van der Waals surface area contributed by atoms with Crippen molar-refractivity contribution < 1.29 is 8.83 Å². The molecule has 3 aliphatic rings. The highest BCUT2D eigenvalue weighted by Crippen LogP contribution is 2.60. The van der Waals surface area contributed by atoms with Crippen LogP contribution in [0.15, 0.2) is 185 Å².